The van der Waals surface area contributed by atoms with Gasteiger partial charge in [0.25, 0.3) is 0 Å². The predicted molar refractivity (Wildman–Crippen MR) is 65.7 cm³/mol. The van der Waals surface area contributed by atoms with Crippen LogP contribution in [0.4, 0.5) is 4.79 Å². The summed E-state index contributed by atoms with van der Waals surface area (Å²) in [6, 6.07) is -1.40. The lowest BCUT2D eigenvalue weighted by atomic mass is 9.80. The minimum atomic E-state index is -1.09. The lowest BCUT2D eigenvalue weighted by Crippen LogP contribution is -2.53. The Hall–Kier alpha value is -1.34. The molecular formula is C12H20N2O5. The van der Waals surface area contributed by atoms with E-state index in [2.05, 4.69) is 5.32 Å². The van der Waals surface area contributed by atoms with Gasteiger partial charge in [-0.3, -0.25) is 0 Å². The van der Waals surface area contributed by atoms with Crippen LogP contribution in [-0.2, 0) is 9.53 Å². The number of urea groups is 1. The van der Waals surface area contributed by atoms with Crippen molar-refractivity contribution in [2.75, 3.05) is 20.2 Å². The van der Waals surface area contributed by atoms with Gasteiger partial charge in [-0.15, -0.1) is 0 Å². The molecule has 0 aromatic heterocycles. The van der Waals surface area contributed by atoms with Crippen LogP contribution in [0.3, 0.4) is 0 Å². The van der Waals surface area contributed by atoms with Gasteiger partial charge in [0, 0.05) is 26.6 Å². The molecule has 2 aliphatic rings. The normalized spacial score (nSPS) is 28.8. The molecule has 0 radical (unpaired) electrons. The molecule has 1 heterocycles. The molecule has 2 atom stereocenters. The highest BCUT2D eigenvalue weighted by atomic mass is 16.5. The molecule has 2 amide bonds. The molecule has 2 rings (SSSR count). The Balaban J connectivity index is 1.90. The van der Waals surface area contributed by atoms with E-state index in [-0.39, 0.29) is 18.6 Å². The van der Waals surface area contributed by atoms with Crippen molar-refractivity contribution < 1.29 is 24.5 Å². The highest BCUT2D eigenvalue weighted by Gasteiger charge is 2.41. The molecule has 0 aromatic carbocycles. The van der Waals surface area contributed by atoms with Gasteiger partial charge >= 0.3 is 12.0 Å². The minimum Gasteiger partial charge on any atom is -0.480 e. The van der Waals surface area contributed by atoms with E-state index in [1.54, 1.807) is 7.11 Å². The summed E-state index contributed by atoms with van der Waals surface area (Å²) in [6.07, 6.45) is 2.18. The van der Waals surface area contributed by atoms with Crippen molar-refractivity contribution in [3.63, 3.8) is 0 Å². The first kappa shape index (κ1) is 14.1. The molecular weight excluding hydrogens is 252 g/mol. The molecule has 0 bridgehead atoms. The fourth-order valence-electron chi connectivity index (χ4n) is 2.63. The predicted octanol–water partition coefficient (Wildman–Crippen LogP) is -0.215. The van der Waals surface area contributed by atoms with E-state index < -0.39 is 24.1 Å². The van der Waals surface area contributed by atoms with Gasteiger partial charge < -0.3 is 25.2 Å². The number of rotatable bonds is 4. The summed E-state index contributed by atoms with van der Waals surface area (Å²) in [5.41, 5.74) is -0.299. The lowest BCUT2D eigenvalue weighted by Gasteiger charge is -2.40. The molecule has 1 saturated carbocycles. The zero-order valence-corrected chi connectivity index (χ0v) is 11.0. The Bertz CT molecular complexity index is 364. The fourth-order valence-corrected chi connectivity index (χ4v) is 2.63. The molecule has 1 aliphatic heterocycles. The van der Waals surface area contributed by atoms with Crippen LogP contribution in [0.15, 0.2) is 0 Å². The van der Waals surface area contributed by atoms with Crippen molar-refractivity contribution >= 4 is 12.0 Å². The molecule has 19 heavy (non-hydrogen) atoms. The van der Waals surface area contributed by atoms with E-state index >= 15 is 0 Å². The molecule has 1 aliphatic carbocycles. The number of aliphatic hydroxyl groups is 1. The van der Waals surface area contributed by atoms with Gasteiger partial charge in [0.2, 0.25) is 0 Å². The van der Waals surface area contributed by atoms with Gasteiger partial charge in [0.15, 0.2) is 0 Å². The summed E-state index contributed by atoms with van der Waals surface area (Å²) in [4.78, 5) is 24.2. The number of aliphatic carboxylic acids is 1. The van der Waals surface area contributed by atoms with E-state index in [1.165, 1.54) is 4.90 Å². The Kier molecular flexibility index (Phi) is 3.96. The van der Waals surface area contributed by atoms with Crippen LogP contribution in [0.25, 0.3) is 0 Å². The smallest absolute Gasteiger partial charge is 0.326 e. The summed E-state index contributed by atoms with van der Waals surface area (Å²) in [6.45, 7) is 0.435. The van der Waals surface area contributed by atoms with Crippen LogP contribution in [0, 0.1) is 0 Å². The van der Waals surface area contributed by atoms with Gasteiger partial charge in [-0.1, -0.05) is 0 Å². The molecule has 2 fully saturated rings. The van der Waals surface area contributed by atoms with E-state index in [0.717, 1.165) is 19.3 Å². The summed E-state index contributed by atoms with van der Waals surface area (Å²) in [5, 5.41) is 21.2. The van der Waals surface area contributed by atoms with E-state index in [4.69, 9.17) is 9.84 Å². The monoisotopic (exact) mass is 272 g/mol. The van der Waals surface area contributed by atoms with Crippen LogP contribution in [0.2, 0.25) is 0 Å². The number of carboxylic acid groups (broad SMARTS) is 1. The summed E-state index contributed by atoms with van der Waals surface area (Å²) in [5.74, 6) is -1.09. The topological polar surface area (TPSA) is 99.1 Å². The second-order valence-electron chi connectivity index (χ2n) is 5.30. The number of methoxy groups -OCH3 is 1. The Morgan fingerprint density at radius 1 is 1.47 bits per heavy atom. The molecule has 0 spiro atoms. The van der Waals surface area contributed by atoms with E-state index in [1.807, 2.05) is 0 Å². The number of carboxylic acids is 1. The second kappa shape index (κ2) is 5.34. The number of nitrogens with zero attached hydrogens (tertiary/aromatic N) is 1. The van der Waals surface area contributed by atoms with Crippen molar-refractivity contribution in [3.8, 4) is 0 Å². The van der Waals surface area contributed by atoms with Crippen molar-refractivity contribution in [2.24, 2.45) is 0 Å². The van der Waals surface area contributed by atoms with Crippen LogP contribution in [-0.4, -0.2) is 65.1 Å². The molecule has 7 heteroatoms. The molecule has 7 nitrogen and oxygen atoms in total. The molecule has 108 valence electrons. The van der Waals surface area contributed by atoms with Gasteiger partial charge in [0.05, 0.1) is 11.7 Å². The highest BCUT2D eigenvalue weighted by Crippen LogP contribution is 2.34. The number of likely N-dealkylation sites (tertiary alicyclic amines) is 1. The lowest BCUT2D eigenvalue weighted by molar-refractivity contribution is -0.141. The number of carbonyl (C=O) groups excluding carboxylic acids is 1. The third-order valence-corrected chi connectivity index (χ3v) is 4.08. The average Bonchev–Trinajstić information content (AvgIpc) is 2.70. The number of β-amino-alcohol motifs (C(OH)–C–C–N with tert-alkyl or cyclic N) is 1. The van der Waals surface area contributed by atoms with E-state index in [0.29, 0.717) is 6.54 Å². The number of hydrogen-bond donors (Lipinski definition) is 3. The number of ether oxygens (including phenoxy) is 1. The third-order valence-electron chi connectivity index (χ3n) is 4.08. The van der Waals surface area contributed by atoms with Crippen LogP contribution in [0.5, 0.6) is 0 Å². The SMILES string of the molecule is COC1(CNC(=O)N2C[C@H](O)C[C@@H]2C(=O)O)CCC1. The van der Waals surface area contributed by atoms with Crippen LogP contribution < -0.4 is 5.32 Å². The van der Waals surface area contributed by atoms with Crippen LogP contribution >= 0.6 is 0 Å². The zero-order chi connectivity index (χ0) is 14.0. The number of amides is 2. The largest absolute Gasteiger partial charge is 0.480 e. The highest BCUT2D eigenvalue weighted by molar-refractivity contribution is 5.83. The second-order valence-corrected chi connectivity index (χ2v) is 5.30. The van der Waals surface area contributed by atoms with Crippen molar-refractivity contribution in [1.29, 1.82) is 0 Å². The number of hydrogen-bond acceptors (Lipinski definition) is 4. The van der Waals surface area contributed by atoms with Crippen molar-refractivity contribution in [3.05, 3.63) is 0 Å². The molecule has 3 N–H and O–H groups in total. The molecule has 1 saturated heterocycles. The van der Waals surface area contributed by atoms with Gasteiger partial charge in [-0.05, 0) is 19.3 Å². The van der Waals surface area contributed by atoms with Gasteiger partial charge in [-0.2, -0.15) is 0 Å². The first-order valence-corrected chi connectivity index (χ1v) is 6.48. The summed E-state index contributed by atoms with van der Waals surface area (Å²) >= 11 is 0. The standard InChI is InChI=1S/C12H20N2O5/c1-19-12(3-2-4-12)7-13-11(18)14-6-8(15)5-9(14)10(16)17/h8-9,15H,2-7H2,1H3,(H,13,18)(H,16,17)/t8-,9-/m1/s1. The Morgan fingerprint density at radius 3 is 2.63 bits per heavy atom. The molecule has 0 unspecified atom stereocenters. The van der Waals surface area contributed by atoms with Crippen molar-refractivity contribution in [2.45, 2.75) is 43.4 Å². The quantitative estimate of drug-likeness (QED) is 0.657. The Morgan fingerprint density at radius 2 is 2.16 bits per heavy atom. The van der Waals surface area contributed by atoms with Gasteiger partial charge in [-0.25, -0.2) is 9.59 Å². The Labute approximate surface area is 111 Å². The first-order chi connectivity index (χ1) is 8.97. The maximum atomic E-state index is 12.0. The summed E-state index contributed by atoms with van der Waals surface area (Å²) in [7, 11) is 1.62. The van der Waals surface area contributed by atoms with Gasteiger partial charge in [0.1, 0.15) is 6.04 Å². The minimum absolute atomic E-state index is 0.0583. The average molecular weight is 272 g/mol. The van der Waals surface area contributed by atoms with Crippen LogP contribution in [0.1, 0.15) is 25.7 Å². The number of aliphatic hydroxyl groups excluding tert-OH is 1. The zero-order valence-electron chi connectivity index (χ0n) is 11.0. The van der Waals surface area contributed by atoms with Crippen molar-refractivity contribution in [1.82, 2.24) is 10.2 Å². The first-order valence-electron chi connectivity index (χ1n) is 6.48. The fraction of sp³-hybridized carbons (Fsp3) is 0.833. The van der Waals surface area contributed by atoms with E-state index in [9.17, 15) is 14.7 Å². The third kappa shape index (κ3) is 2.82. The maximum absolute atomic E-state index is 12.0. The summed E-state index contributed by atoms with van der Waals surface area (Å²) < 4.78 is 5.38. The number of carbonyl (C=O) groups is 2. The number of nitrogens with one attached hydrogen (secondary N) is 1. The molecule has 0 aromatic rings. The maximum Gasteiger partial charge on any atom is 0.326 e.